The summed E-state index contributed by atoms with van der Waals surface area (Å²) < 4.78 is 11.7. The molecule has 0 bridgehead atoms. The van der Waals surface area contributed by atoms with Gasteiger partial charge in [-0.2, -0.15) is 0 Å². The lowest BCUT2D eigenvalue weighted by Crippen LogP contribution is -2.50. The molecule has 230 valence electrons. The van der Waals surface area contributed by atoms with Gasteiger partial charge in [0.05, 0.1) is 25.0 Å². The van der Waals surface area contributed by atoms with E-state index in [1.165, 1.54) is 4.90 Å². The molecule has 3 amide bonds. The van der Waals surface area contributed by atoms with Crippen molar-refractivity contribution in [3.63, 3.8) is 0 Å². The zero-order valence-corrected chi connectivity index (χ0v) is 25.2. The summed E-state index contributed by atoms with van der Waals surface area (Å²) in [4.78, 5) is 47.7. The van der Waals surface area contributed by atoms with Crippen LogP contribution in [0.2, 0.25) is 0 Å². The summed E-state index contributed by atoms with van der Waals surface area (Å²) >= 11 is 0. The molecule has 4 aliphatic heterocycles. The number of piperazine rings is 1. The van der Waals surface area contributed by atoms with Gasteiger partial charge in [-0.3, -0.25) is 24.2 Å². The van der Waals surface area contributed by atoms with Crippen molar-refractivity contribution in [2.45, 2.75) is 25.3 Å². The standard InChI is InChI=1S/C34H39N5O5/c1-43-29-20-27-28(35-22-24-8-4-12-38(24)34(27)42)21-30(29)44-19-5-11-36-13-15-37(16-14-36)17-18-39-32(40)25-9-2-6-23-7-3-10-26(31(23)25)33(39)41/h2-3,6-7,9-10,20-21,24,35H,4-5,8,11-19,22H2,1H3/t24-/m0/s1. The Morgan fingerprint density at radius 3 is 2.20 bits per heavy atom. The first-order chi connectivity index (χ1) is 21.5. The minimum Gasteiger partial charge on any atom is -0.493 e. The lowest BCUT2D eigenvalue weighted by Gasteiger charge is -2.36. The largest absolute Gasteiger partial charge is 0.493 e. The molecule has 10 heteroatoms. The molecule has 1 atom stereocenters. The first kappa shape index (κ1) is 28.6. The van der Waals surface area contributed by atoms with Crippen LogP contribution in [-0.4, -0.2) is 116 Å². The summed E-state index contributed by atoms with van der Waals surface area (Å²) in [6, 6.07) is 15.2. The summed E-state index contributed by atoms with van der Waals surface area (Å²) in [7, 11) is 1.61. The lowest BCUT2D eigenvalue weighted by atomic mass is 9.94. The van der Waals surface area contributed by atoms with Crippen LogP contribution >= 0.6 is 0 Å². The summed E-state index contributed by atoms with van der Waals surface area (Å²) in [5.74, 6) is 0.891. The third-order valence-electron chi connectivity index (χ3n) is 9.54. The van der Waals surface area contributed by atoms with Crippen molar-refractivity contribution < 1.29 is 23.9 Å². The molecule has 4 heterocycles. The smallest absolute Gasteiger partial charge is 0.261 e. The van der Waals surface area contributed by atoms with E-state index >= 15 is 0 Å². The molecule has 2 saturated heterocycles. The number of carbonyl (C=O) groups is 3. The second-order valence-corrected chi connectivity index (χ2v) is 12.1. The maximum Gasteiger partial charge on any atom is 0.261 e. The van der Waals surface area contributed by atoms with Crippen LogP contribution < -0.4 is 14.8 Å². The molecule has 0 saturated carbocycles. The van der Waals surface area contributed by atoms with E-state index in [0.29, 0.717) is 47.9 Å². The second kappa shape index (κ2) is 12.1. The number of hydrogen-bond acceptors (Lipinski definition) is 8. The van der Waals surface area contributed by atoms with Crippen molar-refractivity contribution in [2.75, 3.05) is 77.9 Å². The van der Waals surface area contributed by atoms with Crippen molar-refractivity contribution >= 4 is 34.2 Å². The van der Waals surface area contributed by atoms with Crippen LogP contribution in [0.15, 0.2) is 48.5 Å². The van der Waals surface area contributed by atoms with E-state index in [2.05, 4.69) is 15.1 Å². The number of ether oxygens (including phenoxy) is 2. The van der Waals surface area contributed by atoms with Crippen molar-refractivity contribution in [2.24, 2.45) is 0 Å². The molecule has 0 unspecified atom stereocenters. The van der Waals surface area contributed by atoms with Crippen LogP contribution in [0.1, 0.15) is 50.3 Å². The molecule has 0 aliphatic carbocycles. The number of nitrogens with zero attached hydrogens (tertiary/aromatic N) is 4. The van der Waals surface area contributed by atoms with Gasteiger partial charge in [0.2, 0.25) is 0 Å². The number of amides is 3. The van der Waals surface area contributed by atoms with Crippen LogP contribution in [0.4, 0.5) is 5.69 Å². The van der Waals surface area contributed by atoms with Gasteiger partial charge in [0.15, 0.2) is 11.5 Å². The fourth-order valence-corrected chi connectivity index (χ4v) is 7.08. The van der Waals surface area contributed by atoms with Crippen LogP contribution in [0.3, 0.4) is 0 Å². The number of anilines is 1. The number of methoxy groups -OCH3 is 1. The molecule has 3 aromatic carbocycles. The second-order valence-electron chi connectivity index (χ2n) is 12.1. The summed E-state index contributed by atoms with van der Waals surface area (Å²) in [6.07, 6.45) is 2.95. The average molecular weight is 598 g/mol. The highest BCUT2D eigenvalue weighted by Crippen LogP contribution is 2.37. The Bertz CT molecular complexity index is 1550. The predicted molar refractivity (Wildman–Crippen MR) is 168 cm³/mol. The van der Waals surface area contributed by atoms with E-state index in [0.717, 1.165) is 81.5 Å². The third-order valence-corrected chi connectivity index (χ3v) is 9.54. The average Bonchev–Trinajstić information content (AvgIpc) is 3.49. The Labute approximate surface area is 257 Å². The molecule has 3 aromatic rings. The van der Waals surface area contributed by atoms with Crippen LogP contribution in [0.25, 0.3) is 10.8 Å². The first-order valence-corrected chi connectivity index (χ1v) is 15.7. The Morgan fingerprint density at radius 2 is 1.50 bits per heavy atom. The van der Waals surface area contributed by atoms with Crippen molar-refractivity contribution in [3.05, 3.63) is 65.2 Å². The molecule has 1 N–H and O–H groups in total. The van der Waals surface area contributed by atoms with E-state index in [1.807, 2.05) is 53.4 Å². The van der Waals surface area contributed by atoms with Gasteiger partial charge in [0.25, 0.3) is 17.7 Å². The summed E-state index contributed by atoms with van der Waals surface area (Å²) in [5.41, 5.74) is 2.68. The molecule has 2 fully saturated rings. The van der Waals surface area contributed by atoms with Gasteiger partial charge in [0.1, 0.15) is 0 Å². The SMILES string of the molecule is COc1cc2c(cc1OCCCN1CCN(CCN3C(=O)c4cccc5cccc(c45)C3=O)CC1)NC[C@@H]1CCCN1C2=O. The van der Waals surface area contributed by atoms with Crippen LogP contribution in [-0.2, 0) is 0 Å². The highest BCUT2D eigenvalue weighted by Gasteiger charge is 2.35. The van der Waals surface area contributed by atoms with Gasteiger partial charge in [-0.1, -0.05) is 24.3 Å². The van der Waals surface area contributed by atoms with Crippen molar-refractivity contribution in [3.8, 4) is 11.5 Å². The maximum atomic E-state index is 13.2. The number of benzene rings is 3. The van der Waals surface area contributed by atoms with E-state index in [4.69, 9.17) is 9.47 Å². The van der Waals surface area contributed by atoms with Crippen LogP contribution in [0.5, 0.6) is 11.5 Å². The van der Waals surface area contributed by atoms with Crippen LogP contribution in [0, 0.1) is 0 Å². The van der Waals surface area contributed by atoms with Gasteiger partial charge < -0.3 is 24.6 Å². The molecule has 0 spiro atoms. The molecule has 4 aliphatic rings. The van der Waals surface area contributed by atoms with Crippen molar-refractivity contribution in [1.82, 2.24) is 19.6 Å². The lowest BCUT2D eigenvalue weighted by molar-refractivity contribution is 0.0571. The maximum absolute atomic E-state index is 13.2. The van der Waals surface area contributed by atoms with Crippen molar-refractivity contribution in [1.29, 1.82) is 0 Å². The number of carbonyl (C=O) groups excluding carboxylic acids is 3. The number of nitrogens with one attached hydrogen (secondary N) is 1. The topological polar surface area (TPSA) is 94.7 Å². The molecule has 10 nitrogen and oxygen atoms in total. The molecule has 44 heavy (non-hydrogen) atoms. The van der Waals surface area contributed by atoms with E-state index < -0.39 is 0 Å². The van der Waals surface area contributed by atoms with Gasteiger partial charge in [-0.15, -0.1) is 0 Å². The quantitative estimate of drug-likeness (QED) is 0.296. The fraction of sp³-hybridized carbons (Fsp3) is 0.441. The van der Waals surface area contributed by atoms with Gasteiger partial charge in [-0.25, -0.2) is 0 Å². The van der Waals surface area contributed by atoms with E-state index in [-0.39, 0.29) is 23.8 Å². The zero-order valence-electron chi connectivity index (χ0n) is 25.2. The highest BCUT2D eigenvalue weighted by molar-refractivity contribution is 6.25. The predicted octanol–water partition coefficient (Wildman–Crippen LogP) is 3.56. The summed E-state index contributed by atoms with van der Waals surface area (Å²) in [5, 5.41) is 5.15. The Balaban J connectivity index is 0.877. The Morgan fingerprint density at radius 1 is 0.795 bits per heavy atom. The molecule has 0 aromatic heterocycles. The first-order valence-electron chi connectivity index (χ1n) is 15.7. The van der Waals surface area contributed by atoms with E-state index in [1.54, 1.807) is 7.11 Å². The minimum atomic E-state index is -0.202. The number of imide groups is 1. The van der Waals surface area contributed by atoms with E-state index in [9.17, 15) is 14.4 Å². The van der Waals surface area contributed by atoms with Gasteiger partial charge in [-0.05, 0) is 42.8 Å². The van der Waals surface area contributed by atoms with Gasteiger partial charge in [0, 0.05) is 87.5 Å². The normalized spacial score (nSPS) is 20.4. The number of fused-ring (bicyclic) bond motifs is 2. The third kappa shape index (κ3) is 5.26. The fourth-order valence-electron chi connectivity index (χ4n) is 7.08. The molecular formula is C34H39N5O5. The Hall–Kier alpha value is -4.15. The molecule has 0 radical (unpaired) electrons. The van der Waals surface area contributed by atoms with Gasteiger partial charge >= 0.3 is 0 Å². The zero-order chi connectivity index (χ0) is 30.2. The number of rotatable bonds is 9. The minimum absolute atomic E-state index is 0.0635. The summed E-state index contributed by atoms with van der Waals surface area (Å²) in [6.45, 7) is 7.71. The number of hydrogen-bond donors (Lipinski definition) is 1. The molecular weight excluding hydrogens is 558 g/mol. The monoisotopic (exact) mass is 597 g/mol. The Kier molecular flexibility index (Phi) is 7.86. The highest BCUT2D eigenvalue weighted by atomic mass is 16.5. The molecule has 7 rings (SSSR count).